The van der Waals surface area contributed by atoms with Gasteiger partial charge in [-0.1, -0.05) is 17.3 Å². The van der Waals surface area contributed by atoms with Gasteiger partial charge in [0, 0.05) is 10.6 Å². The molecule has 3 rings (SSSR count). The number of hydrogen-bond donors (Lipinski definition) is 2. The average molecular weight is 448 g/mol. The van der Waals surface area contributed by atoms with E-state index in [1.165, 1.54) is 4.68 Å². The van der Waals surface area contributed by atoms with Crippen molar-refractivity contribution in [2.45, 2.75) is 11.4 Å². The maximum atomic E-state index is 12.5. The van der Waals surface area contributed by atoms with Crippen LogP contribution in [0.2, 0.25) is 0 Å². The summed E-state index contributed by atoms with van der Waals surface area (Å²) in [5, 5.41) is 10.8. The Hall–Kier alpha value is -2.52. The second kappa shape index (κ2) is 8.45. The summed E-state index contributed by atoms with van der Waals surface area (Å²) < 4.78 is 7.54. The van der Waals surface area contributed by atoms with Crippen LogP contribution < -0.4 is 15.8 Å². The third-order valence-electron chi connectivity index (χ3n) is 3.86. The Bertz CT molecular complexity index is 976. The van der Waals surface area contributed by atoms with Crippen molar-refractivity contribution in [3.05, 3.63) is 58.2 Å². The Labute approximate surface area is 169 Å². The van der Waals surface area contributed by atoms with E-state index in [0.29, 0.717) is 12.2 Å². The van der Waals surface area contributed by atoms with Crippen molar-refractivity contribution in [2.24, 2.45) is 0 Å². The number of thioether (sulfide) groups is 1. The van der Waals surface area contributed by atoms with E-state index in [-0.39, 0.29) is 11.5 Å². The monoisotopic (exact) mass is 447 g/mol. The van der Waals surface area contributed by atoms with Crippen LogP contribution in [-0.2, 0) is 6.54 Å². The lowest BCUT2D eigenvalue weighted by Gasteiger charge is -2.08. The van der Waals surface area contributed by atoms with E-state index in [0.717, 1.165) is 20.7 Å². The fourth-order valence-corrected chi connectivity index (χ4v) is 3.52. The third kappa shape index (κ3) is 4.42. The number of nitrogens with one attached hydrogen (secondary N) is 1. The zero-order chi connectivity index (χ0) is 19.4. The molecule has 140 valence electrons. The van der Waals surface area contributed by atoms with Crippen LogP contribution in [-0.4, -0.2) is 34.3 Å². The van der Waals surface area contributed by atoms with E-state index in [2.05, 4.69) is 31.6 Å². The van der Waals surface area contributed by atoms with Gasteiger partial charge in [0.05, 0.1) is 18.1 Å². The average Bonchev–Trinajstić information content (AvgIpc) is 3.02. The van der Waals surface area contributed by atoms with E-state index in [1.807, 2.05) is 48.7 Å². The number of carbonyl (C=O) groups excluding carboxylic acids is 1. The molecule has 0 saturated carbocycles. The van der Waals surface area contributed by atoms with Gasteiger partial charge in [-0.15, -0.1) is 16.9 Å². The van der Waals surface area contributed by atoms with Crippen LogP contribution in [0.1, 0.15) is 16.1 Å². The van der Waals surface area contributed by atoms with Crippen molar-refractivity contribution in [2.75, 3.05) is 24.4 Å². The van der Waals surface area contributed by atoms with Crippen LogP contribution in [0, 0.1) is 0 Å². The molecule has 0 radical (unpaired) electrons. The zero-order valence-electron chi connectivity index (χ0n) is 14.8. The van der Waals surface area contributed by atoms with Crippen LogP contribution in [0.4, 0.5) is 11.5 Å². The molecule has 3 N–H and O–H groups in total. The van der Waals surface area contributed by atoms with Crippen molar-refractivity contribution in [1.29, 1.82) is 0 Å². The number of amides is 1. The minimum atomic E-state index is -0.395. The molecule has 7 nitrogen and oxygen atoms in total. The first-order valence-corrected chi connectivity index (χ1v) is 10.0. The van der Waals surface area contributed by atoms with E-state index in [1.54, 1.807) is 18.9 Å². The molecule has 0 atom stereocenters. The zero-order valence-corrected chi connectivity index (χ0v) is 17.2. The molecule has 0 aliphatic carbocycles. The summed E-state index contributed by atoms with van der Waals surface area (Å²) in [6, 6.07) is 13.2. The number of nitrogen functional groups attached to an aromatic ring is 1. The number of aromatic nitrogens is 3. The smallest absolute Gasteiger partial charge is 0.280 e. The van der Waals surface area contributed by atoms with Gasteiger partial charge in [-0.05, 0) is 58.1 Å². The Morgan fingerprint density at radius 3 is 2.85 bits per heavy atom. The van der Waals surface area contributed by atoms with Crippen molar-refractivity contribution < 1.29 is 9.53 Å². The number of carbonyl (C=O) groups is 1. The number of hydrogen-bond acceptors (Lipinski definition) is 6. The predicted octanol–water partition coefficient (Wildman–Crippen LogP) is 3.65. The van der Waals surface area contributed by atoms with Gasteiger partial charge in [-0.25, -0.2) is 4.68 Å². The molecule has 0 aliphatic heterocycles. The van der Waals surface area contributed by atoms with Gasteiger partial charge < -0.3 is 15.8 Å². The standard InChI is InChI=1S/C18H18BrN5O2S/c1-26-15-7-6-11(8-14(15)19)10-24-17(20)16(22-23-24)18(25)21-12-4-3-5-13(9-12)27-2/h3-9H,10,20H2,1-2H3,(H,21,25). The van der Waals surface area contributed by atoms with E-state index >= 15 is 0 Å². The van der Waals surface area contributed by atoms with Gasteiger partial charge in [0.2, 0.25) is 0 Å². The SMILES string of the molecule is COc1ccc(Cn2nnc(C(=O)Nc3cccc(SC)c3)c2N)cc1Br. The fraction of sp³-hybridized carbons (Fsp3) is 0.167. The second-order valence-corrected chi connectivity index (χ2v) is 7.37. The molecule has 0 saturated heterocycles. The summed E-state index contributed by atoms with van der Waals surface area (Å²) in [6.07, 6.45) is 1.97. The summed E-state index contributed by atoms with van der Waals surface area (Å²) in [5.41, 5.74) is 7.81. The molecule has 0 aliphatic rings. The van der Waals surface area contributed by atoms with E-state index in [9.17, 15) is 4.79 Å². The molecule has 0 spiro atoms. The van der Waals surface area contributed by atoms with Crippen molar-refractivity contribution in [3.63, 3.8) is 0 Å². The highest BCUT2D eigenvalue weighted by molar-refractivity contribution is 9.10. The van der Waals surface area contributed by atoms with Crippen molar-refractivity contribution in [1.82, 2.24) is 15.0 Å². The quantitative estimate of drug-likeness (QED) is 0.559. The molecule has 1 aromatic heterocycles. The van der Waals surface area contributed by atoms with Crippen LogP contribution in [0.5, 0.6) is 5.75 Å². The molecule has 1 heterocycles. The number of nitrogens with two attached hydrogens (primary N) is 1. The van der Waals surface area contributed by atoms with Crippen LogP contribution in [0.25, 0.3) is 0 Å². The van der Waals surface area contributed by atoms with Gasteiger partial charge >= 0.3 is 0 Å². The molecule has 0 fully saturated rings. The van der Waals surface area contributed by atoms with Gasteiger partial charge in [0.1, 0.15) is 5.75 Å². The molecule has 1 amide bonds. The lowest BCUT2D eigenvalue weighted by molar-refractivity contribution is 0.102. The summed E-state index contributed by atoms with van der Waals surface area (Å²) in [4.78, 5) is 13.6. The largest absolute Gasteiger partial charge is 0.496 e. The summed E-state index contributed by atoms with van der Waals surface area (Å²) >= 11 is 5.05. The number of nitrogens with zero attached hydrogens (tertiary/aromatic N) is 3. The number of ether oxygens (including phenoxy) is 1. The topological polar surface area (TPSA) is 95.1 Å². The fourth-order valence-electron chi connectivity index (χ4n) is 2.47. The highest BCUT2D eigenvalue weighted by atomic mass is 79.9. The molecule has 9 heteroatoms. The van der Waals surface area contributed by atoms with E-state index in [4.69, 9.17) is 10.5 Å². The van der Waals surface area contributed by atoms with Crippen molar-refractivity contribution >= 4 is 45.1 Å². The maximum Gasteiger partial charge on any atom is 0.280 e. The molecular weight excluding hydrogens is 430 g/mol. The lowest BCUT2D eigenvalue weighted by Crippen LogP contribution is -2.15. The van der Waals surface area contributed by atoms with Gasteiger partial charge in [-0.3, -0.25) is 4.79 Å². The number of benzene rings is 2. The Morgan fingerprint density at radius 1 is 1.33 bits per heavy atom. The molecule has 27 heavy (non-hydrogen) atoms. The normalized spacial score (nSPS) is 10.6. The lowest BCUT2D eigenvalue weighted by atomic mass is 10.2. The highest BCUT2D eigenvalue weighted by Crippen LogP contribution is 2.26. The first-order valence-electron chi connectivity index (χ1n) is 7.98. The third-order valence-corrected chi connectivity index (χ3v) is 5.21. The molecular formula is C18H18BrN5O2S. The van der Waals surface area contributed by atoms with Gasteiger partial charge in [0.25, 0.3) is 5.91 Å². The van der Waals surface area contributed by atoms with Crippen LogP contribution in [0.15, 0.2) is 51.8 Å². The molecule has 0 unspecified atom stereocenters. The molecule has 0 bridgehead atoms. The molecule has 3 aromatic rings. The van der Waals surface area contributed by atoms with Gasteiger partial charge in [-0.2, -0.15) is 0 Å². The summed E-state index contributed by atoms with van der Waals surface area (Å²) in [7, 11) is 1.61. The predicted molar refractivity (Wildman–Crippen MR) is 110 cm³/mol. The Balaban J connectivity index is 1.76. The summed E-state index contributed by atoms with van der Waals surface area (Å²) in [6.45, 7) is 0.386. The highest BCUT2D eigenvalue weighted by Gasteiger charge is 2.18. The van der Waals surface area contributed by atoms with Crippen molar-refractivity contribution in [3.8, 4) is 5.75 Å². The van der Waals surface area contributed by atoms with Gasteiger partial charge in [0.15, 0.2) is 11.5 Å². The minimum absolute atomic E-state index is 0.0946. The first kappa shape index (κ1) is 19.2. The number of anilines is 2. The number of methoxy groups -OCH3 is 1. The second-order valence-electron chi connectivity index (χ2n) is 5.64. The Morgan fingerprint density at radius 2 is 2.15 bits per heavy atom. The number of halogens is 1. The summed E-state index contributed by atoms with van der Waals surface area (Å²) in [5.74, 6) is 0.547. The first-order chi connectivity index (χ1) is 13.0. The van der Waals surface area contributed by atoms with Crippen LogP contribution >= 0.6 is 27.7 Å². The number of rotatable bonds is 6. The Kier molecular flexibility index (Phi) is 6.02. The molecule has 2 aromatic carbocycles. The maximum absolute atomic E-state index is 12.5. The van der Waals surface area contributed by atoms with E-state index < -0.39 is 5.91 Å². The minimum Gasteiger partial charge on any atom is -0.496 e. The van der Waals surface area contributed by atoms with Crippen LogP contribution in [0.3, 0.4) is 0 Å².